The second-order valence-electron chi connectivity index (χ2n) is 13.9. The van der Waals surface area contributed by atoms with Crippen molar-refractivity contribution in [2.75, 3.05) is 4.90 Å². The van der Waals surface area contributed by atoms with E-state index >= 15 is 0 Å². The summed E-state index contributed by atoms with van der Waals surface area (Å²) in [5.41, 5.74) is 5.20. The summed E-state index contributed by atoms with van der Waals surface area (Å²) in [4.78, 5) is 1.45. The van der Waals surface area contributed by atoms with Crippen LogP contribution in [0.1, 0.15) is 35.9 Å². The van der Waals surface area contributed by atoms with E-state index in [1.807, 2.05) is 121 Å². The van der Waals surface area contributed by atoms with Crippen LogP contribution < -0.4 is 4.90 Å². The predicted molar refractivity (Wildman–Crippen MR) is 222 cm³/mol. The van der Waals surface area contributed by atoms with E-state index in [1.165, 1.54) is 4.90 Å². The predicted octanol–water partition coefficient (Wildman–Crippen LogP) is 14.3. The van der Waals surface area contributed by atoms with Gasteiger partial charge in [-0.15, -0.1) is 0 Å². The maximum Gasteiger partial charge on any atom is 0.0651 e. The second kappa shape index (κ2) is 11.8. The molecule has 0 bridgehead atoms. The van der Waals surface area contributed by atoms with Crippen LogP contribution in [-0.4, -0.2) is 0 Å². The van der Waals surface area contributed by atoms with E-state index in [0.29, 0.717) is 16.8 Å². The van der Waals surface area contributed by atoms with E-state index in [0.717, 1.165) is 54.6 Å². The van der Waals surface area contributed by atoms with E-state index in [2.05, 4.69) is 26.0 Å². The third-order valence-corrected chi connectivity index (χ3v) is 10.6. The molecule has 0 amide bonds. The first-order chi connectivity index (χ1) is 28.9. The first-order valence-electron chi connectivity index (χ1n) is 21.5. The van der Waals surface area contributed by atoms with E-state index < -0.39 is 17.5 Å². The smallest absolute Gasteiger partial charge is 0.0651 e. The lowest BCUT2D eigenvalue weighted by atomic mass is 9.82. The van der Waals surface area contributed by atoms with Crippen molar-refractivity contribution in [2.24, 2.45) is 0 Å². The molecular weight excluding hydrogens is 627 g/mol. The van der Waals surface area contributed by atoms with Crippen LogP contribution in [0.2, 0.25) is 0 Å². The monoisotopic (exact) mass is 671 g/mol. The highest BCUT2D eigenvalue weighted by atomic mass is 15.1. The van der Waals surface area contributed by atoms with E-state index in [4.69, 9.17) is 2.74 Å². The molecule has 9 aromatic rings. The molecule has 0 radical (unpaired) electrons. The van der Waals surface area contributed by atoms with Crippen LogP contribution in [0.25, 0.3) is 65.7 Å². The molecule has 1 aliphatic carbocycles. The van der Waals surface area contributed by atoms with Crippen LogP contribution in [0.3, 0.4) is 0 Å². The lowest BCUT2D eigenvalue weighted by Crippen LogP contribution is -2.16. The summed E-state index contributed by atoms with van der Waals surface area (Å²) in [5.74, 6) is 0. The van der Waals surface area contributed by atoms with Gasteiger partial charge in [-0.1, -0.05) is 153 Å². The first-order valence-corrected chi connectivity index (χ1v) is 17.5. The Labute approximate surface area is 316 Å². The molecule has 1 nitrogen and oxygen atoms in total. The molecule has 0 saturated carbocycles. The van der Waals surface area contributed by atoms with Crippen LogP contribution in [-0.2, 0) is 5.41 Å². The van der Waals surface area contributed by atoms with Crippen molar-refractivity contribution >= 4 is 49.4 Å². The van der Waals surface area contributed by atoms with Gasteiger partial charge in [0.25, 0.3) is 0 Å². The van der Waals surface area contributed by atoms with E-state index in [1.54, 1.807) is 6.07 Å². The summed E-state index contributed by atoms with van der Waals surface area (Å²) in [6, 6.07) is 42.2. The molecule has 0 fully saturated rings. The molecule has 0 N–H and O–H groups in total. The van der Waals surface area contributed by atoms with Gasteiger partial charge in [0, 0.05) is 22.5 Å². The van der Waals surface area contributed by atoms with Gasteiger partial charge < -0.3 is 4.90 Å². The number of rotatable bonds is 5. The highest BCUT2D eigenvalue weighted by Gasteiger charge is 2.35. The molecule has 10 rings (SSSR count). The van der Waals surface area contributed by atoms with E-state index in [-0.39, 0.29) is 58.8 Å². The molecule has 1 aliphatic rings. The summed E-state index contributed by atoms with van der Waals surface area (Å²) in [6.07, 6.45) is 0. The molecule has 246 valence electrons. The number of anilines is 3. The van der Waals surface area contributed by atoms with Crippen molar-refractivity contribution in [3.8, 4) is 33.4 Å². The number of benzene rings is 9. The minimum Gasteiger partial charge on any atom is -0.310 e. The summed E-state index contributed by atoms with van der Waals surface area (Å²) >= 11 is 0. The van der Waals surface area contributed by atoms with Gasteiger partial charge in [0.2, 0.25) is 0 Å². The second-order valence-corrected chi connectivity index (χ2v) is 13.9. The Morgan fingerprint density at radius 3 is 1.96 bits per heavy atom. The van der Waals surface area contributed by atoms with Gasteiger partial charge in [-0.3, -0.25) is 0 Å². The molecule has 0 atom stereocenters. The number of hydrogen-bond acceptors (Lipinski definition) is 1. The molecular formula is C51H37N. The Hall–Kier alpha value is -6.44. The molecule has 0 aromatic heterocycles. The maximum absolute atomic E-state index is 9.85. The average Bonchev–Trinajstić information content (AvgIpc) is 3.49. The Kier molecular flexibility index (Phi) is 5.26. The molecule has 0 saturated heterocycles. The highest BCUT2D eigenvalue weighted by molar-refractivity contribution is 6.13. The minimum absolute atomic E-state index is 0.114. The van der Waals surface area contributed by atoms with Gasteiger partial charge in [-0.05, 0) is 125 Å². The zero-order chi connectivity index (χ0) is 41.8. The largest absolute Gasteiger partial charge is 0.310 e. The zero-order valence-electron chi connectivity index (χ0n) is 36.7. The van der Waals surface area contributed by atoms with Gasteiger partial charge in [-0.2, -0.15) is 0 Å². The van der Waals surface area contributed by atoms with Crippen LogP contribution in [0.5, 0.6) is 0 Å². The van der Waals surface area contributed by atoms with Crippen molar-refractivity contribution in [3.05, 3.63) is 199 Å². The lowest BCUT2D eigenvalue weighted by Gasteiger charge is -2.28. The van der Waals surface area contributed by atoms with Crippen LogP contribution in [0.15, 0.2) is 188 Å². The fourth-order valence-corrected chi connectivity index (χ4v) is 7.95. The fraction of sp³-hybridized carbons (Fsp3) is 0.0588. The quantitative estimate of drug-likeness (QED) is 0.165. The molecule has 9 aromatic carbocycles. The topological polar surface area (TPSA) is 3.24 Å². The van der Waals surface area contributed by atoms with Crippen molar-refractivity contribution in [1.29, 1.82) is 0 Å². The van der Waals surface area contributed by atoms with Crippen molar-refractivity contribution in [1.82, 2.24) is 0 Å². The zero-order valence-corrected chi connectivity index (χ0v) is 28.7. The van der Waals surface area contributed by atoms with E-state index in [9.17, 15) is 8.22 Å². The molecule has 0 unspecified atom stereocenters. The van der Waals surface area contributed by atoms with Crippen LogP contribution in [0, 0.1) is 0 Å². The summed E-state index contributed by atoms with van der Waals surface area (Å²) in [7, 11) is 0. The van der Waals surface area contributed by atoms with Gasteiger partial charge in [0.1, 0.15) is 0 Å². The molecule has 0 heterocycles. The SMILES string of the molecule is [2H]c1c([2H])c(-c2ccc3ccccc3c2)c([2H])c(N(c2ccc3c(c2)C(C)(C)c2ccccc2-3)c2c([2H])c([2H])c(-c3cc4ccccc4c4ccccc34)c([2H])c2[2H])c1[2H]. The Morgan fingerprint density at radius 2 is 1.12 bits per heavy atom. The molecule has 1 heteroatoms. The highest BCUT2D eigenvalue weighted by Crippen LogP contribution is 2.51. The number of nitrogens with zero attached hydrogens (tertiary/aromatic N) is 1. The standard InChI is InChI=1S/C51H37N/c1-51(2)49-21-10-9-20-46(49)47-29-28-42(33-50(47)51)52(41-16-11-15-37(31-41)38-23-22-34-12-3-4-13-36(34)30-38)40-26-24-35(25-27-40)48-32-39-14-5-6-17-43(39)44-18-7-8-19-45(44)48/h3-33H,1-2H3/i11D,15D,16D,24D,25D,26D,27D,31D. The Bertz CT molecular complexity index is 3270. The van der Waals surface area contributed by atoms with Crippen molar-refractivity contribution in [2.45, 2.75) is 19.3 Å². The van der Waals surface area contributed by atoms with Crippen molar-refractivity contribution < 1.29 is 11.0 Å². The normalized spacial score (nSPS) is 15.1. The third kappa shape index (κ3) is 4.85. The number of hydrogen-bond donors (Lipinski definition) is 0. The number of fused-ring (bicyclic) bond motifs is 7. The van der Waals surface area contributed by atoms with Gasteiger partial charge in [0.05, 0.1) is 11.0 Å². The van der Waals surface area contributed by atoms with Gasteiger partial charge in [-0.25, -0.2) is 0 Å². The lowest BCUT2D eigenvalue weighted by molar-refractivity contribution is 0.660. The van der Waals surface area contributed by atoms with Crippen LogP contribution >= 0.6 is 0 Å². The molecule has 0 spiro atoms. The fourth-order valence-electron chi connectivity index (χ4n) is 7.95. The molecule has 0 aliphatic heterocycles. The average molecular weight is 672 g/mol. The third-order valence-electron chi connectivity index (χ3n) is 10.6. The Morgan fingerprint density at radius 1 is 0.423 bits per heavy atom. The summed E-state index contributed by atoms with van der Waals surface area (Å²) in [5, 5.41) is 5.46. The van der Waals surface area contributed by atoms with Crippen LogP contribution in [0.4, 0.5) is 17.1 Å². The first kappa shape index (κ1) is 23.1. The summed E-state index contributed by atoms with van der Waals surface area (Å²) < 4.78 is 76.4. The van der Waals surface area contributed by atoms with Gasteiger partial charge >= 0.3 is 0 Å². The maximum atomic E-state index is 9.85. The Balaban J connectivity index is 1.28. The van der Waals surface area contributed by atoms with Crippen molar-refractivity contribution in [3.63, 3.8) is 0 Å². The summed E-state index contributed by atoms with van der Waals surface area (Å²) in [6.45, 7) is 4.26. The minimum atomic E-state index is -0.460. The van der Waals surface area contributed by atoms with Gasteiger partial charge in [0.15, 0.2) is 0 Å². The molecule has 52 heavy (non-hydrogen) atoms.